The number of hydrogen-bond donors (Lipinski definition) is 4. The van der Waals surface area contributed by atoms with Gasteiger partial charge in [0, 0.05) is 42.6 Å². The minimum atomic E-state index is -0.364. The second-order valence-corrected chi connectivity index (χ2v) is 19.1. The highest BCUT2D eigenvalue weighted by Gasteiger charge is 2.55. The third-order valence-electron chi connectivity index (χ3n) is 13.1. The highest BCUT2D eigenvalue weighted by atomic mass is 32.2. The number of hydrogen-bond acceptors (Lipinski definition) is 9. The Morgan fingerprint density at radius 1 is 0.967 bits per heavy atom. The van der Waals surface area contributed by atoms with Gasteiger partial charge in [0.1, 0.15) is 17.1 Å². The Kier molecular flexibility index (Phi) is 15.3. The smallest absolute Gasteiger partial charge is 0.315 e. The number of amides is 3. The molecule has 4 N–H and O–H groups in total. The lowest BCUT2D eigenvalue weighted by molar-refractivity contribution is -0.138. The molecule has 3 aliphatic heterocycles. The molecule has 12 heteroatoms. The molecular formula is C48H67N3O8S. The van der Waals surface area contributed by atoms with Crippen molar-refractivity contribution in [2.24, 2.45) is 11.3 Å². The first-order valence-electron chi connectivity index (χ1n) is 21.6. The largest absolute Gasteiger partial charge is 0.496 e. The first-order chi connectivity index (χ1) is 28.7. The minimum Gasteiger partial charge on any atom is -0.496 e. The lowest BCUT2D eigenvalue weighted by atomic mass is 9.57. The van der Waals surface area contributed by atoms with Crippen LogP contribution in [0.1, 0.15) is 108 Å². The van der Waals surface area contributed by atoms with Gasteiger partial charge in [0.25, 0.3) is 0 Å². The molecule has 0 aromatic heterocycles. The third-order valence-corrected chi connectivity index (χ3v) is 14.6. The molecule has 2 saturated heterocycles. The molecule has 0 bridgehead atoms. The number of fused-ring (bicyclic) bond motifs is 3. The van der Waals surface area contributed by atoms with Gasteiger partial charge in [-0.05, 0) is 119 Å². The molecule has 0 radical (unpaired) electrons. The molecule has 6 atom stereocenters. The lowest BCUT2D eigenvalue weighted by Gasteiger charge is -2.55. The topological polar surface area (TPSA) is 137 Å². The Labute approximate surface area is 361 Å². The van der Waals surface area contributed by atoms with Crippen LogP contribution in [0.25, 0.3) is 12.2 Å². The molecule has 2 aromatic carbocycles. The lowest BCUT2D eigenvalue weighted by Crippen LogP contribution is -2.58. The number of aliphatic hydroxyl groups is 1. The summed E-state index contributed by atoms with van der Waals surface area (Å²) in [7, 11) is 4.97. The Morgan fingerprint density at radius 2 is 1.70 bits per heavy atom. The second kappa shape index (κ2) is 20.2. The van der Waals surface area contributed by atoms with Crippen LogP contribution in [-0.4, -0.2) is 86.5 Å². The molecule has 11 nitrogen and oxygen atoms in total. The molecule has 60 heavy (non-hydrogen) atoms. The number of unbranched alkanes of at least 4 members (excludes halogenated alkanes) is 1. The van der Waals surface area contributed by atoms with E-state index in [2.05, 4.69) is 80.9 Å². The zero-order chi connectivity index (χ0) is 43.0. The molecule has 6 rings (SSSR count). The van der Waals surface area contributed by atoms with Crippen LogP contribution in [0.15, 0.2) is 47.6 Å². The molecule has 3 heterocycles. The molecule has 0 unspecified atom stereocenters. The SMILES string of the molecule is COCOc1cc(/C=C/c2cc3c(c(OC)c2)O[C@]2(C)CC[C@@H](O)C(C)(C)[C@H]2C3)cc(OC)c1C/C=C(\C)CC/C=C(\C)CNC(=O)CCCC[C@H]1SC[C@H]2NC(=O)N[C@H]21. The quantitative estimate of drug-likeness (QED) is 0.0362. The number of benzene rings is 2. The van der Waals surface area contributed by atoms with Gasteiger partial charge < -0.3 is 44.7 Å². The van der Waals surface area contributed by atoms with Crippen LogP contribution in [0, 0.1) is 11.3 Å². The number of ether oxygens (including phenoxy) is 5. The summed E-state index contributed by atoms with van der Waals surface area (Å²) in [5, 5.41) is 20.4. The zero-order valence-corrected chi connectivity index (χ0v) is 37.7. The number of aliphatic hydroxyl groups excluding tert-OH is 1. The predicted octanol–water partition coefficient (Wildman–Crippen LogP) is 8.40. The van der Waals surface area contributed by atoms with Gasteiger partial charge in [-0.2, -0.15) is 11.8 Å². The summed E-state index contributed by atoms with van der Waals surface area (Å²) >= 11 is 1.92. The number of urea groups is 1. The van der Waals surface area contributed by atoms with Crippen molar-refractivity contribution in [1.29, 1.82) is 0 Å². The van der Waals surface area contributed by atoms with Gasteiger partial charge in [0.15, 0.2) is 18.3 Å². The van der Waals surface area contributed by atoms with Crippen LogP contribution in [-0.2, 0) is 22.4 Å². The van der Waals surface area contributed by atoms with E-state index in [1.54, 1.807) is 21.3 Å². The number of methoxy groups -OCH3 is 3. The Morgan fingerprint density at radius 3 is 2.45 bits per heavy atom. The summed E-state index contributed by atoms with van der Waals surface area (Å²) in [4.78, 5) is 24.1. The van der Waals surface area contributed by atoms with Crippen molar-refractivity contribution in [3.63, 3.8) is 0 Å². The van der Waals surface area contributed by atoms with Crippen LogP contribution in [0.5, 0.6) is 23.0 Å². The first kappa shape index (κ1) is 45.4. The third kappa shape index (κ3) is 10.8. The van der Waals surface area contributed by atoms with Crippen molar-refractivity contribution in [2.75, 3.05) is 40.4 Å². The number of nitrogens with one attached hydrogen (secondary N) is 3. The van der Waals surface area contributed by atoms with Gasteiger partial charge >= 0.3 is 6.03 Å². The van der Waals surface area contributed by atoms with Crippen molar-refractivity contribution in [2.45, 2.75) is 128 Å². The second-order valence-electron chi connectivity index (χ2n) is 17.8. The fourth-order valence-electron chi connectivity index (χ4n) is 9.40. The number of rotatable bonds is 19. The normalized spacial score (nSPS) is 25.8. The Bertz CT molecular complexity index is 1940. The molecule has 4 aliphatic rings. The predicted molar refractivity (Wildman–Crippen MR) is 240 cm³/mol. The monoisotopic (exact) mass is 845 g/mol. The summed E-state index contributed by atoms with van der Waals surface area (Å²) in [6.07, 6.45) is 16.3. The Balaban J connectivity index is 1.02. The molecular weight excluding hydrogens is 779 g/mol. The average Bonchev–Trinajstić information content (AvgIpc) is 3.79. The van der Waals surface area contributed by atoms with E-state index in [0.717, 1.165) is 96.4 Å². The van der Waals surface area contributed by atoms with Gasteiger partial charge in [-0.25, -0.2) is 4.79 Å². The van der Waals surface area contributed by atoms with Crippen molar-refractivity contribution >= 4 is 35.9 Å². The van der Waals surface area contributed by atoms with Crippen molar-refractivity contribution in [3.05, 3.63) is 69.8 Å². The van der Waals surface area contributed by atoms with E-state index < -0.39 is 0 Å². The van der Waals surface area contributed by atoms with Gasteiger partial charge in [-0.1, -0.05) is 55.7 Å². The van der Waals surface area contributed by atoms with Gasteiger partial charge in [0.2, 0.25) is 5.91 Å². The van der Waals surface area contributed by atoms with Crippen LogP contribution >= 0.6 is 11.8 Å². The average molecular weight is 846 g/mol. The summed E-state index contributed by atoms with van der Waals surface area (Å²) in [6.45, 7) is 11.4. The van der Waals surface area contributed by atoms with Gasteiger partial charge in [-0.3, -0.25) is 4.79 Å². The number of carbonyl (C=O) groups excluding carboxylic acids is 2. The van der Waals surface area contributed by atoms with E-state index in [-0.39, 0.29) is 53.9 Å². The van der Waals surface area contributed by atoms with Crippen molar-refractivity contribution < 1.29 is 38.4 Å². The molecule has 3 fully saturated rings. The van der Waals surface area contributed by atoms with E-state index in [9.17, 15) is 14.7 Å². The van der Waals surface area contributed by atoms with Crippen molar-refractivity contribution in [3.8, 4) is 23.0 Å². The first-order valence-corrected chi connectivity index (χ1v) is 22.6. The maximum absolute atomic E-state index is 12.5. The van der Waals surface area contributed by atoms with Gasteiger partial charge in [0.05, 0.1) is 32.4 Å². The summed E-state index contributed by atoms with van der Waals surface area (Å²) in [5.74, 6) is 4.16. The summed E-state index contributed by atoms with van der Waals surface area (Å²) in [6, 6.07) is 8.63. The summed E-state index contributed by atoms with van der Waals surface area (Å²) in [5.41, 5.74) is 5.71. The highest BCUT2D eigenvalue weighted by molar-refractivity contribution is 8.00. The Hall–Kier alpha value is -4.13. The molecule has 2 aromatic rings. The number of allylic oxidation sites excluding steroid dienone is 3. The van der Waals surface area contributed by atoms with Crippen LogP contribution in [0.4, 0.5) is 4.79 Å². The van der Waals surface area contributed by atoms with Crippen LogP contribution in [0.3, 0.4) is 0 Å². The maximum Gasteiger partial charge on any atom is 0.315 e. The molecule has 328 valence electrons. The van der Waals surface area contributed by atoms with Crippen LogP contribution in [0.2, 0.25) is 0 Å². The van der Waals surface area contributed by atoms with E-state index in [0.29, 0.717) is 36.1 Å². The molecule has 1 saturated carbocycles. The number of carbonyl (C=O) groups is 2. The highest BCUT2D eigenvalue weighted by Crippen LogP contribution is 2.55. The minimum absolute atomic E-state index is 0.0562. The maximum atomic E-state index is 12.5. The van der Waals surface area contributed by atoms with Gasteiger partial charge in [-0.15, -0.1) is 0 Å². The van der Waals surface area contributed by atoms with Crippen LogP contribution < -0.4 is 34.9 Å². The van der Waals surface area contributed by atoms with E-state index in [1.807, 2.05) is 30.0 Å². The van der Waals surface area contributed by atoms with E-state index >= 15 is 0 Å². The molecule has 0 spiro atoms. The zero-order valence-electron chi connectivity index (χ0n) is 36.9. The van der Waals surface area contributed by atoms with E-state index in [1.165, 1.54) is 5.57 Å². The van der Waals surface area contributed by atoms with E-state index in [4.69, 9.17) is 23.7 Å². The molecule has 3 amide bonds. The molecule has 1 aliphatic carbocycles. The van der Waals surface area contributed by atoms with Crippen molar-refractivity contribution in [1.82, 2.24) is 16.0 Å². The standard InChI is InChI=1S/C48H67N3O8S/c1-30(12-11-13-31(2)27-49-43(53)15-10-9-14-40-44-36(28-60-40)50-46(54)51-44)16-19-35-37(56-7)23-33(24-38(35)58-29-55-6)18-17-32-22-34-26-41-47(3,4)42(52)20-21-48(41,5)59-45(34)39(25-32)57-8/h13,16-18,22-25,36,40-42,44,52H,9-12,14-15,19-21,26-29H2,1-8H3,(H,49,53)(H2,50,51,54)/b18-17+,30-16+,31-13+/t36-,40-,41-,42-,44-,48-/m1/s1. The number of thioether (sulfide) groups is 1. The summed E-state index contributed by atoms with van der Waals surface area (Å²) < 4.78 is 29.9. The fraction of sp³-hybridized carbons (Fsp3) is 0.583. The fourth-order valence-corrected chi connectivity index (χ4v) is 10.9.